The van der Waals surface area contributed by atoms with Gasteiger partial charge in [-0.25, -0.2) is 0 Å². The minimum atomic E-state index is -0.00459. The summed E-state index contributed by atoms with van der Waals surface area (Å²) in [5.41, 5.74) is 2.50. The summed E-state index contributed by atoms with van der Waals surface area (Å²) in [6, 6.07) is 18.5. The minimum absolute atomic E-state index is 0.00459. The molecule has 1 heterocycles. The van der Waals surface area contributed by atoms with Crippen LogP contribution in [0.25, 0.3) is 6.08 Å². The van der Waals surface area contributed by atoms with Gasteiger partial charge in [0.05, 0.1) is 6.61 Å². The van der Waals surface area contributed by atoms with Crippen molar-refractivity contribution >= 4 is 17.7 Å². The quantitative estimate of drug-likeness (QED) is 0.510. The fourth-order valence-electron chi connectivity index (χ4n) is 2.58. The summed E-state index contributed by atoms with van der Waals surface area (Å²) in [7, 11) is 0. The maximum absolute atomic E-state index is 5.87. The lowest BCUT2D eigenvalue weighted by molar-refractivity contribution is 0.288. The average molecular weight is 299 g/mol. The minimum Gasteiger partial charge on any atom is -0.365 e. The highest BCUT2D eigenvalue weighted by atomic mass is 35.5. The molecule has 1 fully saturated rings. The van der Waals surface area contributed by atoms with Crippen LogP contribution in [0.15, 0.2) is 60.7 Å². The Bertz CT molecular complexity index is 597. The van der Waals surface area contributed by atoms with E-state index in [-0.39, 0.29) is 5.60 Å². The number of unbranched alkanes of at least 4 members (excludes halogenated alkanes) is 1. The molecule has 0 aliphatic carbocycles. The standard InChI is InChI=1S/C19H19ClO/c20-18-12-10-16(11-13-18)7-3-2-6-14-19(15-21-19)17-8-4-1-5-9-17/h1,3-5,7-13H,2,6,14-15H2/b7-3+. The predicted molar refractivity (Wildman–Crippen MR) is 88.4 cm³/mol. The number of rotatable bonds is 6. The SMILES string of the molecule is Clc1ccc(/C=C/CCCC2(c3ccccc3)CO2)cc1. The van der Waals surface area contributed by atoms with E-state index in [0.29, 0.717) is 0 Å². The molecule has 1 aliphatic heterocycles. The van der Waals surface area contributed by atoms with Gasteiger partial charge in [-0.2, -0.15) is 0 Å². The maximum Gasteiger partial charge on any atom is 0.117 e. The molecule has 2 aromatic carbocycles. The Balaban J connectivity index is 1.47. The summed E-state index contributed by atoms with van der Waals surface area (Å²) >= 11 is 5.87. The van der Waals surface area contributed by atoms with Crippen LogP contribution < -0.4 is 0 Å². The Labute approximate surface area is 131 Å². The average Bonchev–Trinajstić information content (AvgIpc) is 3.31. The highest BCUT2D eigenvalue weighted by molar-refractivity contribution is 6.30. The van der Waals surface area contributed by atoms with Gasteiger partial charge in [-0.05, 0) is 42.5 Å². The van der Waals surface area contributed by atoms with Crippen molar-refractivity contribution in [1.82, 2.24) is 0 Å². The third kappa shape index (κ3) is 3.75. The van der Waals surface area contributed by atoms with Crippen molar-refractivity contribution in [3.8, 4) is 0 Å². The van der Waals surface area contributed by atoms with Crippen LogP contribution >= 0.6 is 11.6 Å². The van der Waals surface area contributed by atoms with Gasteiger partial charge in [0.1, 0.15) is 5.60 Å². The highest BCUT2D eigenvalue weighted by Gasteiger charge is 2.45. The molecule has 0 bridgehead atoms. The molecule has 1 aliphatic rings. The highest BCUT2D eigenvalue weighted by Crippen LogP contribution is 2.43. The molecule has 1 saturated heterocycles. The second-order valence-corrected chi connectivity index (χ2v) is 5.93. The molecule has 0 aromatic heterocycles. The van der Waals surface area contributed by atoms with E-state index in [4.69, 9.17) is 16.3 Å². The number of benzene rings is 2. The van der Waals surface area contributed by atoms with Gasteiger partial charge in [-0.1, -0.05) is 66.2 Å². The van der Waals surface area contributed by atoms with E-state index in [1.165, 1.54) is 11.1 Å². The second kappa shape index (κ2) is 6.46. The number of allylic oxidation sites excluding steroid dienone is 1. The maximum atomic E-state index is 5.87. The largest absolute Gasteiger partial charge is 0.365 e. The molecule has 0 amide bonds. The topological polar surface area (TPSA) is 12.5 Å². The van der Waals surface area contributed by atoms with Gasteiger partial charge in [-0.3, -0.25) is 0 Å². The van der Waals surface area contributed by atoms with Gasteiger partial charge in [0.25, 0.3) is 0 Å². The van der Waals surface area contributed by atoms with Gasteiger partial charge >= 0.3 is 0 Å². The Morgan fingerprint density at radius 2 is 1.76 bits per heavy atom. The number of halogens is 1. The fourth-order valence-corrected chi connectivity index (χ4v) is 2.71. The molecule has 0 radical (unpaired) electrons. The lowest BCUT2D eigenvalue weighted by Crippen LogP contribution is -2.07. The monoisotopic (exact) mass is 298 g/mol. The fraction of sp³-hybridized carbons (Fsp3) is 0.263. The number of epoxide rings is 1. The summed E-state index contributed by atoms with van der Waals surface area (Å²) in [5, 5.41) is 0.780. The summed E-state index contributed by atoms with van der Waals surface area (Å²) in [6.45, 7) is 0.859. The zero-order chi connectivity index (χ0) is 14.5. The van der Waals surface area contributed by atoms with E-state index in [1.807, 2.05) is 24.3 Å². The van der Waals surface area contributed by atoms with Crippen LogP contribution in [0.4, 0.5) is 0 Å². The van der Waals surface area contributed by atoms with Crippen molar-refractivity contribution < 1.29 is 4.74 Å². The van der Waals surface area contributed by atoms with E-state index in [1.54, 1.807) is 0 Å². The molecule has 2 aromatic rings. The summed E-state index contributed by atoms with van der Waals surface area (Å²) in [6.07, 6.45) is 7.67. The summed E-state index contributed by atoms with van der Waals surface area (Å²) < 4.78 is 5.72. The van der Waals surface area contributed by atoms with Crippen LogP contribution in [-0.2, 0) is 10.3 Å². The zero-order valence-corrected chi connectivity index (χ0v) is 12.7. The van der Waals surface area contributed by atoms with Gasteiger partial charge < -0.3 is 4.74 Å². The van der Waals surface area contributed by atoms with Gasteiger partial charge in [0, 0.05) is 5.02 Å². The predicted octanol–water partition coefficient (Wildman–Crippen LogP) is 5.45. The van der Waals surface area contributed by atoms with E-state index >= 15 is 0 Å². The first-order valence-electron chi connectivity index (χ1n) is 7.40. The smallest absolute Gasteiger partial charge is 0.117 e. The van der Waals surface area contributed by atoms with E-state index in [0.717, 1.165) is 30.9 Å². The molecular weight excluding hydrogens is 280 g/mol. The van der Waals surface area contributed by atoms with Crippen molar-refractivity contribution in [3.05, 3.63) is 76.8 Å². The molecule has 1 unspecified atom stereocenters. The Kier molecular flexibility index (Phi) is 4.42. The van der Waals surface area contributed by atoms with E-state index in [9.17, 15) is 0 Å². The Morgan fingerprint density at radius 3 is 2.43 bits per heavy atom. The van der Waals surface area contributed by atoms with Crippen molar-refractivity contribution in [3.63, 3.8) is 0 Å². The van der Waals surface area contributed by atoms with Gasteiger partial charge in [0.2, 0.25) is 0 Å². The van der Waals surface area contributed by atoms with Gasteiger partial charge in [-0.15, -0.1) is 0 Å². The van der Waals surface area contributed by atoms with Crippen molar-refractivity contribution in [1.29, 1.82) is 0 Å². The number of hydrogen-bond acceptors (Lipinski definition) is 1. The van der Waals surface area contributed by atoms with Crippen LogP contribution in [0, 0.1) is 0 Å². The van der Waals surface area contributed by atoms with Crippen LogP contribution in [0.5, 0.6) is 0 Å². The summed E-state index contributed by atoms with van der Waals surface area (Å²) in [4.78, 5) is 0. The van der Waals surface area contributed by atoms with Crippen molar-refractivity contribution in [2.24, 2.45) is 0 Å². The molecule has 1 nitrogen and oxygen atoms in total. The third-order valence-corrected chi connectivity index (χ3v) is 4.18. The molecule has 0 saturated carbocycles. The number of hydrogen-bond donors (Lipinski definition) is 0. The molecule has 3 rings (SSSR count). The molecule has 0 N–H and O–H groups in total. The third-order valence-electron chi connectivity index (χ3n) is 3.92. The molecule has 2 heteroatoms. The molecule has 0 spiro atoms. The van der Waals surface area contributed by atoms with Crippen molar-refractivity contribution in [2.45, 2.75) is 24.9 Å². The van der Waals surface area contributed by atoms with Gasteiger partial charge in [0.15, 0.2) is 0 Å². The van der Waals surface area contributed by atoms with Crippen LogP contribution in [0.1, 0.15) is 30.4 Å². The van der Waals surface area contributed by atoms with Crippen LogP contribution in [0.3, 0.4) is 0 Å². The lowest BCUT2D eigenvalue weighted by atomic mass is 9.94. The molecular formula is C19H19ClO. The first kappa shape index (κ1) is 14.4. The van der Waals surface area contributed by atoms with Crippen LogP contribution in [-0.4, -0.2) is 6.61 Å². The zero-order valence-electron chi connectivity index (χ0n) is 12.0. The van der Waals surface area contributed by atoms with E-state index < -0.39 is 0 Å². The summed E-state index contributed by atoms with van der Waals surface area (Å²) in [5.74, 6) is 0. The molecule has 21 heavy (non-hydrogen) atoms. The van der Waals surface area contributed by atoms with E-state index in [2.05, 4.69) is 42.5 Å². The van der Waals surface area contributed by atoms with Crippen molar-refractivity contribution in [2.75, 3.05) is 6.61 Å². The first-order valence-corrected chi connectivity index (χ1v) is 7.78. The first-order chi connectivity index (χ1) is 10.3. The lowest BCUT2D eigenvalue weighted by Gasteiger charge is -2.11. The second-order valence-electron chi connectivity index (χ2n) is 5.50. The van der Waals surface area contributed by atoms with Crippen LogP contribution in [0.2, 0.25) is 5.02 Å². The Morgan fingerprint density at radius 1 is 1.05 bits per heavy atom. The Hall–Kier alpha value is -1.57. The molecule has 1 atom stereocenters. The molecule has 108 valence electrons. The number of ether oxygens (including phenoxy) is 1. The normalized spacial score (nSPS) is 20.8.